The van der Waals surface area contributed by atoms with Gasteiger partial charge in [0.25, 0.3) is 0 Å². The monoisotopic (exact) mass is 381 g/mol. The highest BCUT2D eigenvalue weighted by Crippen LogP contribution is 2.35. The van der Waals surface area contributed by atoms with Crippen LogP contribution in [0.5, 0.6) is 0 Å². The zero-order chi connectivity index (χ0) is 16.0. The molecule has 0 aliphatic carbocycles. The topological polar surface area (TPSA) is 30.7 Å². The molecule has 0 unspecified atom stereocenters. The Hall–Kier alpha value is -1.08. The molecule has 0 atom stereocenters. The van der Waals surface area contributed by atoms with E-state index < -0.39 is 17.2 Å². The van der Waals surface area contributed by atoms with Crippen LogP contribution < -0.4 is 0 Å². The Bertz CT molecular complexity index is 674. The molecule has 0 fully saturated rings. The van der Waals surface area contributed by atoms with Gasteiger partial charge in [0.2, 0.25) is 5.28 Å². The number of halogens is 5. The zero-order valence-corrected chi connectivity index (χ0v) is 13.8. The van der Waals surface area contributed by atoms with Gasteiger partial charge in [-0.2, -0.15) is 13.2 Å². The van der Waals surface area contributed by atoms with Crippen LogP contribution in [0.3, 0.4) is 0 Å². The van der Waals surface area contributed by atoms with E-state index in [1.807, 2.05) is 20.8 Å². The lowest BCUT2D eigenvalue weighted by molar-refractivity contribution is -0.137. The quantitative estimate of drug-likeness (QED) is 0.695. The Morgan fingerprint density at radius 3 is 2.24 bits per heavy atom. The fourth-order valence-electron chi connectivity index (χ4n) is 1.85. The lowest BCUT2D eigenvalue weighted by atomic mass is 9.95. The minimum absolute atomic E-state index is 0.0196. The van der Waals surface area contributed by atoms with Crippen LogP contribution >= 0.6 is 27.5 Å². The molecule has 114 valence electrons. The van der Waals surface area contributed by atoms with Crippen LogP contribution in [0.4, 0.5) is 13.2 Å². The number of rotatable bonds is 1. The van der Waals surface area contributed by atoms with Gasteiger partial charge in [0.15, 0.2) is 0 Å². The maximum atomic E-state index is 12.9. The van der Waals surface area contributed by atoms with Crippen molar-refractivity contribution in [2.75, 3.05) is 0 Å². The lowest BCUT2D eigenvalue weighted by Gasteiger charge is -2.20. The summed E-state index contributed by atoms with van der Waals surface area (Å²) in [6.45, 7) is 5.64. The zero-order valence-electron chi connectivity index (χ0n) is 11.5. The van der Waals surface area contributed by atoms with Gasteiger partial charge < -0.3 is 0 Å². The molecule has 0 spiro atoms. The fraction of sp³-hybridized carbons (Fsp3) is 0.385. The van der Waals surface area contributed by atoms with Gasteiger partial charge in [-0.05, 0) is 29.8 Å². The summed E-state index contributed by atoms with van der Waals surface area (Å²) >= 11 is 9.09. The third-order valence-corrected chi connectivity index (χ3v) is 3.46. The van der Waals surface area contributed by atoms with Crippen LogP contribution in [0.2, 0.25) is 5.28 Å². The third-order valence-electron chi connectivity index (χ3n) is 2.76. The van der Waals surface area contributed by atoms with Crippen molar-refractivity contribution in [3.8, 4) is 5.69 Å². The summed E-state index contributed by atoms with van der Waals surface area (Å²) in [6, 6.07) is 3.58. The molecule has 2 rings (SSSR count). The molecule has 0 saturated heterocycles. The Kier molecular flexibility index (Phi) is 4.10. The van der Waals surface area contributed by atoms with Crippen molar-refractivity contribution in [1.29, 1.82) is 0 Å². The summed E-state index contributed by atoms with van der Waals surface area (Å²) in [7, 11) is 0. The van der Waals surface area contributed by atoms with Crippen LogP contribution in [-0.2, 0) is 11.6 Å². The average Bonchev–Trinajstić information content (AvgIpc) is 2.68. The Morgan fingerprint density at radius 1 is 1.10 bits per heavy atom. The van der Waals surface area contributed by atoms with Gasteiger partial charge in [-0.1, -0.05) is 36.7 Å². The molecule has 3 nitrogen and oxygen atoms in total. The molecule has 0 saturated carbocycles. The van der Waals surface area contributed by atoms with Crippen molar-refractivity contribution < 1.29 is 13.2 Å². The van der Waals surface area contributed by atoms with E-state index in [0.717, 1.165) is 12.1 Å². The predicted octanol–water partition coefficient (Wildman–Crippen LogP) is 5.00. The molecule has 1 aromatic heterocycles. The van der Waals surface area contributed by atoms with Crippen LogP contribution in [-0.4, -0.2) is 14.8 Å². The molecule has 0 bridgehead atoms. The molecule has 2 aromatic rings. The highest BCUT2D eigenvalue weighted by Gasteiger charge is 2.32. The van der Waals surface area contributed by atoms with Gasteiger partial charge in [0.05, 0.1) is 11.3 Å². The minimum atomic E-state index is -4.44. The number of aromatic nitrogens is 3. The number of nitrogens with zero attached hydrogens (tertiary/aromatic N) is 3. The largest absolute Gasteiger partial charge is 0.416 e. The second-order valence-corrected chi connectivity index (χ2v) is 6.83. The Labute approximate surface area is 133 Å². The van der Waals surface area contributed by atoms with Crippen molar-refractivity contribution in [3.05, 3.63) is 39.3 Å². The minimum Gasteiger partial charge on any atom is -0.269 e. The molecule has 21 heavy (non-hydrogen) atoms. The van der Waals surface area contributed by atoms with Gasteiger partial charge in [0.1, 0.15) is 5.82 Å². The first-order chi connectivity index (χ1) is 9.50. The first kappa shape index (κ1) is 16.3. The maximum Gasteiger partial charge on any atom is 0.416 e. The molecule has 0 amide bonds. The summed E-state index contributed by atoms with van der Waals surface area (Å²) in [5, 5.41) is 7.75. The van der Waals surface area contributed by atoms with Crippen LogP contribution in [0, 0.1) is 0 Å². The van der Waals surface area contributed by atoms with Gasteiger partial charge in [-0.15, -0.1) is 10.2 Å². The highest BCUT2D eigenvalue weighted by molar-refractivity contribution is 9.10. The van der Waals surface area contributed by atoms with E-state index in [-0.39, 0.29) is 11.0 Å². The van der Waals surface area contributed by atoms with Gasteiger partial charge in [-0.3, -0.25) is 4.57 Å². The van der Waals surface area contributed by atoms with E-state index in [1.165, 1.54) is 4.57 Å². The van der Waals surface area contributed by atoms with Crippen LogP contribution in [0.25, 0.3) is 5.69 Å². The number of alkyl halides is 3. The van der Waals surface area contributed by atoms with E-state index in [9.17, 15) is 13.2 Å². The van der Waals surface area contributed by atoms with Gasteiger partial charge in [0, 0.05) is 9.89 Å². The normalized spacial score (nSPS) is 12.8. The summed E-state index contributed by atoms with van der Waals surface area (Å²) in [4.78, 5) is 0. The van der Waals surface area contributed by atoms with E-state index in [4.69, 9.17) is 11.6 Å². The lowest BCUT2D eigenvalue weighted by Crippen LogP contribution is -2.18. The van der Waals surface area contributed by atoms with Crippen LogP contribution in [0.15, 0.2) is 22.7 Å². The molecule has 0 radical (unpaired) electrons. The number of benzene rings is 1. The molecule has 0 aliphatic rings. The SMILES string of the molecule is CC(C)(C)c1nnc(Cl)n1-c1cc(Br)cc(C(F)(F)F)c1. The Balaban J connectivity index is 2.69. The standard InChI is InChI=1S/C13H12BrClF3N3/c1-12(2,3)10-19-20-11(15)21(10)9-5-7(13(16,17)18)4-8(14)6-9/h4-6H,1-3H3. The highest BCUT2D eigenvalue weighted by atomic mass is 79.9. The summed E-state index contributed by atoms with van der Waals surface area (Å²) in [5.41, 5.74) is -0.922. The first-order valence-corrected chi connectivity index (χ1v) is 7.17. The van der Waals surface area contributed by atoms with Gasteiger partial charge >= 0.3 is 6.18 Å². The first-order valence-electron chi connectivity index (χ1n) is 5.99. The van der Waals surface area contributed by atoms with E-state index in [1.54, 1.807) is 6.07 Å². The van der Waals surface area contributed by atoms with E-state index in [2.05, 4.69) is 26.1 Å². The van der Waals surface area contributed by atoms with Crippen molar-refractivity contribution in [1.82, 2.24) is 14.8 Å². The molecular formula is C13H12BrClF3N3. The van der Waals surface area contributed by atoms with E-state index >= 15 is 0 Å². The molecule has 1 heterocycles. The summed E-state index contributed by atoms with van der Waals surface area (Å²) in [5.74, 6) is 0.485. The average molecular weight is 383 g/mol. The maximum absolute atomic E-state index is 12.9. The second kappa shape index (κ2) is 5.28. The van der Waals surface area contributed by atoms with Gasteiger partial charge in [-0.25, -0.2) is 0 Å². The second-order valence-electron chi connectivity index (χ2n) is 5.57. The van der Waals surface area contributed by atoms with Crippen molar-refractivity contribution in [2.45, 2.75) is 32.4 Å². The van der Waals surface area contributed by atoms with Crippen molar-refractivity contribution in [2.24, 2.45) is 0 Å². The Morgan fingerprint density at radius 2 is 1.71 bits per heavy atom. The third kappa shape index (κ3) is 3.40. The number of hydrogen-bond acceptors (Lipinski definition) is 2. The predicted molar refractivity (Wildman–Crippen MR) is 77.8 cm³/mol. The van der Waals surface area contributed by atoms with Crippen molar-refractivity contribution in [3.63, 3.8) is 0 Å². The smallest absolute Gasteiger partial charge is 0.269 e. The van der Waals surface area contributed by atoms with Crippen molar-refractivity contribution >= 4 is 27.5 Å². The van der Waals surface area contributed by atoms with E-state index in [0.29, 0.717) is 10.3 Å². The fourth-order valence-corrected chi connectivity index (χ4v) is 2.54. The molecule has 0 aliphatic heterocycles. The number of hydrogen-bond donors (Lipinski definition) is 0. The summed E-state index contributed by atoms with van der Waals surface area (Å²) < 4.78 is 40.5. The van der Waals surface area contributed by atoms with Crippen LogP contribution in [0.1, 0.15) is 32.2 Å². The molecule has 1 aromatic carbocycles. The summed E-state index contributed by atoms with van der Waals surface area (Å²) in [6.07, 6.45) is -4.44. The molecule has 0 N–H and O–H groups in total. The molecular weight excluding hydrogens is 371 g/mol. The molecule has 8 heteroatoms.